The van der Waals surface area contributed by atoms with Crippen LogP contribution in [0, 0.1) is 6.92 Å². The maximum atomic E-state index is 13.6. The molecule has 6 amide bonds. The Morgan fingerprint density at radius 3 is 1.43 bits per heavy atom. The van der Waals surface area contributed by atoms with E-state index in [1.165, 1.54) is 16.2 Å². The number of oxazole rings is 1. The van der Waals surface area contributed by atoms with Crippen molar-refractivity contribution in [2.75, 3.05) is 85.9 Å². The van der Waals surface area contributed by atoms with Gasteiger partial charge in [-0.2, -0.15) is 9.97 Å². The quantitative estimate of drug-likeness (QED) is 0.0523. The molecule has 2 aromatic carbocycles. The van der Waals surface area contributed by atoms with Gasteiger partial charge in [-0.25, -0.2) is 24.5 Å². The Bertz CT molecular complexity index is 3600. The van der Waals surface area contributed by atoms with E-state index < -0.39 is 59.5 Å². The maximum absolute atomic E-state index is 13.6. The number of aliphatic hydroxyl groups excluding tert-OH is 2. The number of phenols is 1. The molecule has 0 spiro atoms. The minimum Gasteiger partial charge on any atom is -0.508 e. The van der Waals surface area contributed by atoms with Crippen LogP contribution >= 0.6 is 0 Å². The number of aryl methyl sites for hydroxylation is 1. The highest BCUT2D eigenvalue weighted by Gasteiger charge is 2.40. The van der Waals surface area contributed by atoms with Gasteiger partial charge < -0.3 is 74.8 Å². The monoisotopic (exact) mass is 1340 g/mol. The van der Waals surface area contributed by atoms with Gasteiger partial charge in [-0.15, -0.1) is 0 Å². The minimum atomic E-state index is -1.11. The number of phenolic OH excluding ortho intramolecular Hbond substituents is 1. The lowest BCUT2D eigenvalue weighted by molar-refractivity contribution is -0.130. The molecule has 4 saturated heterocycles. The van der Waals surface area contributed by atoms with Crippen LogP contribution in [0.3, 0.4) is 0 Å². The average molecular weight is 1340 g/mol. The number of fused-ring (bicyclic) bond motifs is 2. The number of nitrogens with zero attached hydrogens (tertiary/aromatic N) is 11. The first kappa shape index (κ1) is 70.7. The van der Waals surface area contributed by atoms with Crippen LogP contribution in [0.15, 0.2) is 59.3 Å². The smallest absolute Gasteiger partial charge is 0.410 e. The van der Waals surface area contributed by atoms with Crippen LogP contribution in [0.5, 0.6) is 11.5 Å². The number of anilines is 4. The topological polar surface area (TPSA) is 336 Å². The minimum absolute atomic E-state index is 0.0681. The van der Waals surface area contributed by atoms with E-state index in [9.17, 15) is 44.1 Å². The van der Waals surface area contributed by atoms with Crippen molar-refractivity contribution in [2.45, 2.75) is 194 Å². The highest BCUT2D eigenvalue weighted by molar-refractivity contribution is 5.94. The molecule has 28 nitrogen and oxygen atoms in total. The number of aromatic nitrogens is 5. The Hall–Kier alpha value is -9.05. The summed E-state index contributed by atoms with van der Waals surface area (Å²) in [4.78, 5) is 111. The molecule has 11 rings (SSSR count). The number of hydrogen-bond acceptors (Lipinski definition) is 22. The highest BCUT2D eigenvalue weighted by Crippen LogP contribution is 2.33. The summed E-state index contributed by atoms with van der Waals surface area (Å²) >= 11 is 0. The van der Waals surface area contributed by atoms with Crippen LogP contribution in [0.1, 0.15) is 161 Å². The Labute approximate surface area is 566 Å². The van der Waals surface area contributed by atoms with Crippen molar-refractivity contribution in [3.05, 3.63) is 100 Å². The molecule has 5 aromatic rings. The Kier molecular flexibility index (Phi) is 22.6. The predicted molar refractivity (Wildman–Crippen MR) is 360 cm³/mol. The molecule has 6 aliphatic rings. The lowest BCUT2D eigenvalue weighted by Gasteiger charge is -2.40. The van der Waals surface area contributed by atoms with Crippen molar-refractivity contribution >= 4 is 59.3 Å². The molecule has 28 heteroatoms. The fraction of sp³-hybridized carbons (Fsp3) is 0.580. The van der Waals surface area contributed by atoms with Crippen LogP contribution in [-0.2, 0) is 51.6 Å². The molecule has 0 bridgehead atoms. The van der Waals surface area contributed by atoms with Gasteiger partial charge in [-0.1, -0.05) is 12.1 Å². The van der Waals surface area contributed by atoms with Crippen molar-refractivity contribution in [3.8, 4) is 11.5 Å². The third-order valence-electron chi connectivity index (χ3n) is 18.3. The molecule has 4 fully saturated rings. The lowest BCUT2D eigenvalue weighted by atomic mass is 9.91. The maximum Gasteiger partial charge on any atom is 0.410 e. The van der Waals surface area contributed by atoms with Crippen LogP contribution in [-0.4, -0.2) is 209 Å². The number of ether oxygens (including phenoxy) is 3. The van der Waals surface area contributed by atoms with Gasteiger partial charge in [0.2, 0.25) is 23.7 Å². The van der Waals surface area contributed by atoms with Gasteiger partial charge in [0, 0.05) is 117 Å². The first-order valence-corrected chi connectivity index (χ1v) is 33.9. The Morgan fingerprint density at radius 2 is 1.02 bits per heavy atom. The number of aromatic hydroxyl groups is 1. The first-order chi connectivity index (χ1) is 46.2. The second kappa shape index (κ2) is 31.0. The normalized spacial score (nSPS) is 19.0. The van der Waals surface area contributed by atoms with Gasteiger partial charge in [0.1, 0.15) is 52.3 Å². The van der Waals surface area contributed by atoms with Crippen LogP contribution in [0.2, 0.25) is 0 Å². The molecular formula is C69H95N15O13. The summed E-state index contributed by atoms with van der Waals surface area (Å²) in [6.45, 7) is 21.9. The van der Waals surface area contributed by atoms with Crippen molar-refractivity contribution in [1.82, 2.24) is 55.2 Å². The van der Waals surface area contributed by atoms with Gasteiger partial charge in [-0.05, 0) is 159 Å². The molecule has 0 radical (unpaired) electrons. The first-order valence-electron chi connectivity index (χ1n) is 33.9. The highest BCUT2D eigenvalue weighted by atomic mass is 16.6. The molecule has 97 heavy (non-hydrogen) atoms. The summed E-state index contributed by atoms with van der Waals surface area (Å²) < 4.78 is 22.7. The Morgan fingerprint density at radius 1 is 0.588 bits per heavy atom. The second-order valence-corrected chi connectivity index (χ2v) is 28.0. The molecule has 4 atom stereocenters. The summed E-state index contributed by atoms with van der Waals surface area (Å²) in [5.41, 5.74) is 3.11. The van der Waals surface area contributed by atoms with Gasteiger partial charge in [0.15, 0.2) is 12.2 Å². The third kappa shape index (κ3) is 19.0. The number of likely N-dealkylation sites (tertiary alicyclic amines) is 2. The van der Waals surface area contributed by atoms with Gasteiger partial charge in [-0.3, -0.25) is 29.0 Å². The number of carbonyl (C=O) groups is 6. The van der Waals surface area contributed by atoms with Crippen molar-refractivity contribution in [1.29, 1.82) is 0 Å². The van der Waals surface area contributed by atoms with E-state index in [1.807, 2.05) is 34.9 Å². The van der Waals surface area contributed by atoms with E-state index in [4.69, 9.17) is 28.6 Å². The average Bonchev–Trinajstić information content (AvgIpc) is 1.58. The van der Waals surface area contributed by atoms with Crippen LogP contribution in [0.4, 0.5) is 33.1 Å². The summed E-state index contributed by atoms with van der Waals surface area (Å²) in [6, 6.07) is 12.8. The third-order valence-corrected chi connectivity index (χ3v) is 18.3. The standard InChI is InChI=1S/C37H50N8O7.C32H45N7O6/c1-23-32(51-22-39-23)21-50-28-9-8-25-17-30(45(20-26(25)16-28)36(49)52-37(3,4)5)31(47)19-38-34(48)29-18-33(42-35(41-29)44-12-6-7-13-44)40-27-10-14-43(15-11-27)24(2)46;1-20(40)37-13-9-23(10-14-37)34-28-17-25(35-30(36-28)38-11-5-6-12-38)29(43)33-18-27(42)26-16-21-7-8-24(41)15-22(21)19-39(26)31(44)45-32(2,3)4/h8-9,16,18,22,27,30-31,47H,6-7,10-15,17,19-21H2,1-5H3,(H,38,48)(H,40,41,42);7-8,15,17,23,26-27,41-42H,5-6,9-14,16,18-19H2,1-4H3,(H,33,43)(H,34,35,36)/t30-,31+;26-,27+/m00/s1. The predicted octanol–water partition coefficient (Wildman–Crippen LogP) is 6.49. The van der Waals surface area contributed by atoms with E-state index in [1.54, 1.807) is 85.7 Å². The molecule has 524 valence electrons. The fourth-order valence-corrected chi connectivity index (χ4v) is 12.9. The zero-order valence-corrected chi connectivity index (χ0v) is 57.3. The Balaban J connectivity index is 0.000000213. The molecule has 3 aromatic heterocycles. The summed E-state index contributed by atoms with van der Waals surface area (Å²) in [5.74, 6) is 2.60. The fourth-order valence-electron chi connectivity index (χ4n) is 12.9. The number of rotatable bonds is 17. The molecule has 9 heterocycles. The van der Waals surface area contributed by atoms with Gasteiger partial charge >= 0.3 is 12.2 Å². The number of aliphatic hydroxyl groups is 2. The van der Waals surface area contributed by atoms with Crippen molar-refractivity contribution < 1.29 is 62.7 Å². The zero-order valence-electron chi connectivity index (χ0n) is 57.3. The number of nitrogens with one attached hydrogen (secondary N) is 4. The molecular weight excluding hydrogens is 1250 g/mol. The number of piperidine rings is 2. The lowest BCUT2D eigenvalue weighted by Crippen LogP contribution is -2.54. The van der Waals surface area contributed by atoms with E-state index in [2.05, 4.69) is 46.0 Å². The zero-order chi connectivity index (χ0) is 69.3. The number of carbonyl (C=O) groups excluding carboxylic acids is 6. The second-order valence-electron chi connectivity index (χ2n) is 28.0. The summed E-state index contributed by atoms with van der Waals surface area (Å²) in [7, 11) is 0. The number of benzene rings is 2. The van der Waals surface area contributed by atoms with Crippen LogP contribution < -0.4 is 35.8 Å². The van der Waals surface area contributed by atoms with E-state index in [0.29, 0.717) is 74.1 Å². The molecule has 0 unspecified atom stereocenters. The largest absolute Gasteiger partial charge is 0.508 e. The number of amides is 6. The van der Waals surface area contributed by atoms with E-state index in [0.717, 1.165) is 105 Å². The molecule has 7 N–H and O–H groups in total. The van der Waals surface area contributed by atoms with Crippen molar-refractivity contribution in [3.63, 3.8) is 0 Å². The van der Waals surface area contributed by atoms with Crippen molar-refractivity contribution in [2.24, 2.45) is 0 Å². The molecule has 0 aliphatic carbocycles. The summed E-state index contributed by atoms with van der Waals surface area (Å²) in [6.07, 6.45) is 5.87. The van der Waals surface area contributed by atoms with E-state index in [-0.39, 0.29) is 73.8 Å². The van der Waals surface area contributed by atoms with Crippen LogP contribution in [0.25, 0.3) is 0 Å². The van der Waals surface area contributed by atoms with Gasteiger partial charge in [0.05, 0.1) is 30.0 Å². The molecule has 6 aliphatic heterocycles. The number of hydrogen-bond donors (Lipinski definition) is 7. The summed E-state index contributed by atoms with van der Waals surface area (Å²) in [5, 5.41) is 45.5. The molecule has 0 saturated carbocycles. The SMILES string of the molecule is CC(=O)N1CCC(Nc2cc(C(=O)NC[C@@H](O)[C@@H]3Cc4ccc(O)cc4CN3C(=O)OC(C)(C)C)nc(N3CCCC3)n2)CC1.CC(=O)N1CCC(Nc2cc(C(=O)NC[C@@H](O)[C@@H]3Cc4ccc(OCc5ocnc5C)cc4CN3C(=O)OC(C)(C)C)nc(N3CCCC3)n2)CC1. The van der Waals surface area contributed by atoms with Gasteiger partial charge in [0.25, 0.3) is 11.8 Å². The van der Waals surface area contributed by atoms with E-state index >= 15 is 0 Å².